The van der Waals surface area contributed by atoms with Crippen LogP contribution in [0.3, 0.4) is 0 Å². The Balaban J connectivity index is 1.30. The van der Waals surface area contributed by atoms with Crippen LogP contribution in [0.25, 0.3) is 5.69 Å². The molecule has 1 aromatic heterocycles. The maximum absolute atomic E-state index is 12.8. The molecule has 0 fully saturated rings. The molecule has 3 aromatic rings. The van der Waals surface area contributed by atoms with Crippen LogP contribution in [0, 0.1) is 0 Å². The van der Waals surface area contributed by atoms with E-state index in [2.05, 4.69) is 10.4 Å². The molecular weight excluding hydrogens is 480 g/mol. The van der Waals surface area contributed by atoms with Gasteiger partial charge in [-0.05, 0) is 42.8 Å². The van der Waals surface area contributed by atoms with Gasteiger partial charge in [-0.3, -0.25) is 19.3 Å². The van der Waals surface area contributed by atoms with Gasteiger partial charge in [-0.2, -0.15) is 5.10 Å². The number of benzene rings is 2. The molecule has 0 atom stereocenters. The largest absolute Gasteiger partial charge is 0.310 e. The molecule has 0 unspecified atom stereocenters. The average molecular weight is 499 g/mol. The van der Waals surface area contributed by atoms with Crippen molar-refractivity contribution in [3.8, 4) is 5.69 Å². The van der Waals surface area contributed by atoms with Gasteiger partial charge in [-0.1, -0.05) is 23.7 Å². The zero-order chi connectivity index (χ0) is 24.0. The van der Waals surface area contributed by atoms with Gasteiger partial charge in [0.1, 0.15) is 5.82 Å². The number of amides is 3. The zero-order valence-corrected chi connectivity index (χ0v) is 19.4. The second-order valence-corrected chi connectivity index (χ2v) is 10.7. The molecule has 174 valence electrons. The van der Waals surface area contributed by atoms with Gasteiger partial charge in [0, 0.05) is 23.6 Å². The normalized spacial score (nSPS) is 16.0. The summed E-state index contributed by atoms with van der Waals surface area (Å²) in [6, 6.07) is 13.4. The van der Waals surface area contributed by atoms with E-state index in [0.717, 1.165) is 4.90 Å². The van der Waals surface area contributed by atoms with Crippen molar-refractivity contribution in [2.45, 2.75) is 24.3 Å². The lowest BCUT2D eigenvalue weighted by atomic mass is 10.1. The summed E-state index contributed by atoms with van der Waals surface area (Å²) in [6.45, 7) is 0.0999. The minimum absolute atomic E-state index is 0.0285. The minimum atomic E-state index is -3.32. The first-order chi connectivity index (χ1) is 16.2. The average Bonchev–Trinajstić information content (AvgIpc) is 3.36. The molecule has 3 amide bonds. The SMILES string of the molecule is O=C(CCCN1C(=O)c2ccccc2C1=O)Nc1c2c(nn1-c1ccc(Cl)cc1)CS(=O)(=O)C2. The molecule has 9 nitrogen and oxygen atoms in total. The molecule has 34 heavy (non-hydrogen) atoms. The van der Waals surface area contributed by atoms with Crippen LogP contribution in [0.1, 0.15) is 44.8 Å². The van der Waals surface area contributed by atoms with Gasteiger partial charge < -0.3 is 5.32 Å². The molecule has 11 heteroatoms. The predicted molar refractivity (Wildman–Crippen MR) is 125 cm³/mol. The molecule has 2 aromatic carbocycles. The van der Waals surface area contributed by atoms with E-state index in [9.17, 15) is 22.8 Å². The first kappa shape index (κ1) is 22.3. The third-order valence-electron chi connectivity index (χ3n) is 5.78. The first-order valence-electron chi connectivity index (χ1n) is 10.6. The fraction of sp³-hybridized carbons (Fsp3) is 0.217. The van der Waals surface area contributed by atoms with Crippen LogP contribution < -0.4 is 5.32 Å². The Kier molecular flexibility index (Phi) is 5.49. The molecule has 0 radical (unpaired) electrons. The number of imide groups is 1. The number of carbonyl (C=O) groups is 3. The topological polar surface area (TPSA) is 118 Å². The number of hydrogen-bond acceptors (Lipinski definition) is 6. The molecule has 5 rings (SSSR count). The number of aromatic nitrogens is 2. The van der Waals surface area contributed by atoms with Gasteiger partial charge in [0.15, 0.2) is 9.84 Å². The predicted octanol–water partition coefficient (Wildman–Crippen LogP) is 2.97. The summed E-state index contributed by atoms with van der Waals surface area (Å²) in [5, 5.41) is 7.72. The summed E-state index contributed by atoms with van der Waals surface area (Å²) in [6.07, 6.45) is 0.285. The maximum Gasteiger partial charge on any atom is 0.261 e. The van der Waals surface area contributed by atoms with Crippen molar-refractivity contribution < 1.29 is 22.8 Å². The Labute approximate surface area is 200 Å². The summed E-state index contributed by atoms with van der Waals surface area (Å²) < 4.78 is 25.7. The Morgan fingerprint density at radius 3 is 2.29 bits per heavy atom. The van der Waals surface area contributed by atoms with Crippen molar-refractivity contribution >= 4 is 45.0 Å². The fourth-order valence-corrected chi connectivity index (χ4v) is 5.79. The zero-order valence-electron chi connectivity index (χ0n) is 17.8. The second-order valence-electron chi connectivity index (χ2n) is 8.15. The summed E-state index contributed by atoms with van der Waals surface area (Å²) in [5.41, 5.74) is 2.21. The highest BCUT2D eigenvalue weighted by molar-refractivity contribution is 7.90. The molecule has 1 N–H and O–H groups in total. The Bertz CT molecular complexity index is 1410. The van der Waals surface area contributed by atoms with Crippen molar-refractivity contribution in [3.05, 3.63) is 75.9 Å². The maximum atomic E-state index is 12.8. The van der Waals surface area contributed by atoms with Crippen molar-refractivity contribution in [3.63, 3.8) is 0 Å². The molecular formula is C23H19ClN4O5S. The van der Waals surface area contributed by atoms with Gasteiger partial charge in [-0.25, -0.2) is 13.1 Å². The second kappa shape index (κ2) is 8.37. The molecule has 0 spiro atoms. The van der Waals surface area contributed by atoms with Gasteiger partial charge in [-0.15, -0.1) is 0 Å². The van der Waals surface area contributed by atoms with Crippen LogP contribution in [0.15, 0.2) is 48.5 Å². The monoisotopic (exact) mass is 498 g/mol. The molecule has 2 aliphatic rings. The minimum Gasteiger partial charge on any atom is -0.310 e. The summed E-state index contributed by atoms with van der Waals surface area (Å²) >= 11 is 5.97. The third-order valence-corrected chi connectivity index (χ3v) is 7.47. The van der Waals surface area contributed by atoms with Crippen LogP contribution in [0.2, 0.25) is 5.02 Å². The van der Waals surface area contributed by atoms with Crippen molar-refractivity contribution in [2.24, 2.45) is 0 Å². The van der Waals surface area contributed by atoms with Crippen LogP contribution in [-0.2, 0) is 26.1 Å². The van der Waals surface area contributed by atoms with E-state index in [4.69, 9.17) is 11.6 Å². The van der Waals surface area contributed by atoms with E-state index in [-0.39, 0.29) is 48.6 Å². The van der Waals surface area contributed by atoms with Crippen molar-refractivity contribution in [1.82, 2.24) is 14.7 Å². The summed E-state index contributed by atoms with van der Waals surface area (Å²) in [7, 11) is -3.32. The van der Waals surface area contributed by atoms with Gasteiger partial charge >= 0.3 is 0 Å². The first-order valence-corrected chi connectivity index (χ1v) is 12.8. The van der Waals surface area contributed by atoms with E-state index in [1.165, 1.54) is 4.68 Å². The van der Waals surface area contributed by atoms with E-state index in [0.29, 0.717) is 38.9 Å². The van der Waals surface area contributed by atoms with Crippen LogP contribution >= 0.6 is 11.6 Å². The molecule has 3 heterocycles. The lowest BCUT2D eigenvalue weighted by Gasteiger charge is -2.14. The van der Waals surface area contributed by atoms with E-state index >= 15 is 0 Å². The number of carbonyl (C=O) groups excluding carboxylic acids is 3. The lowest BCUT2D eigenvalue weighted by Crippen LogP contribution is -2.31. The number of rotatable bonds is 6. The number of anilines is 1. The number of fused-ring (bicyclic) bond motifs is 2. The van der Waals surface area contributed by atoms with E-state index in [1.807, 2.05) is 0 Å². The standard InChI is InChI=1S/C23H19ClN4O5S/c24-14-7-9-15(10-8-14)28-21(18-12-34(32,33)13-19(18)26-28)25-20(29)6-3-11-27-22(30)16-4-1-2-5-17(16)23(27)31/h1-2,4-5,7-10H,3,6,11-13H2,(H,25,29). The van der Waals surface area contributed by atoms with Crippen LogP contribution in [-0.4, -0.2) is 47.4 Å². The Morgan fingerprint density at radius 1 is 1.00 bits per heavy atom. The summed E-state index contributed by atoms with van der Waals surface area (Å²) in [5.74, 6) is -1.22. The quantitative estimate of drug-likeness (QED) is 0.522. The highest BCUT2D eigenvalue weighted by atomic mass is 35.5. The summed E-state index contributed by atoms with van der Waals surface area (Å²) in [4.78, 5) is 38.9. The molecule has 0 saturated carbocycles. The number of nitrogens with zero attached hydrogens (tertiary/aromatic N) is 3. The van der Waals surface area contributed by atoms with Gasteiger partial charge in [0.2, 0.25) is 5.91 Å². The fourth-order valence-electron chi connectivity index (χ4n) is 4.17. The highest BCUT2D eigenvalue weighted by Crippen LogP contribution is 2.33. The molecule has 0 saturated heterocycles. The molecule has 2 aliphatic heterocycles. The smallest absolute Gasteiger partial charge is 0.261 e. The van der Waals surface area contributed by atoms with Gasteiger partial charge in [0.25, 0.3) is 11.8 Å². The number of nitrogens with one attached hydrogen (secondary N) is 1. The van der Waals surface area contributed by atoms with Crippen molar-refractivity contribution in [1.29, 1.82) is 0 Å². The molecule has 0 bridgehead atoms. The van der Waals surface area contributed by atoms with E-state index in [1.54, 1.807) is 48.5 Å². The van der Waals surface area contributed by atoms with Crippen LogP contribution in [0.4, 0.5) is 5.82 Å². The Morgan fingerprint density at radius 2 is 1.65 bits per heavy atom. The van der Waals surface area contributed by atoms with Gasteiger partial charge in [0.05, 0.1) is 34.0 Å². The van der Waals surface area contributed by atoms with Crippen molar-refractivity contribution in [2.75, 3.05) is 11.9 Å². The number of halogens is 1. The highest BCUT2D eigenvalue weighted by Gasteiger charge is 2.35. The Hall–Kier alpha value is -3.50. The van der Waals surface area contributed by atoms with Crippen LogP contribution in [0.5, 0.6) is 0 Å². The van der Waals surface area contributed by atoms with E-state index < -0.39 is 9.84 Å². The third kappa shape index (κ3) is 3.99. The lowest BCUT2D eigenvalue weighted by molar-refractivity contribution is -0.116. The number of sulfone groups is 1. The molecule has 0 aliphatic carbocycles. The number of hydrogen-bond donors (Lipinski definition) is 1.